The quantitative estimate of drug-likeness (QED) is 0.0357. The number of carbonyl (C=O) groups excluding carboxylic acids is 3. The molecule has 270 valence electrons. The van der Waals surface area contributed by atoms with Gasteiger partial charge < -0.3 is 12.1 Å². The Labute approximate surface area is 344 Å². The average Bonchev–Trinajstić information content (AvgIpc) is 3.04. The molecule has 0 saturated carbocycles. The van der Waals surface area contributed by atoms with E-state index in [2.05, 4.69) is 17.6 Å². The van der Waals surface area contributed by atoms with E-state index in [0.29, 0.717) is 17.0 Å². The van der Waals surface area contributed by atoms with Crippen LogP contribution in [0.2, 0.25) is 0 Å². The number of rotatable bonds is 24. The predicted molar refractivity (Wildman–Crippen MR) is 198 cm³/mol. The third kappa shape index (κ3) is 19.4. The maximum atomic E-state index is 13.3. The van der Waals surface area contributed by atoms with Crippen molar-refractivity contribution < 1.29 is 80.2 Å². The minimum absolute atomic E-state index is 0. The summed E-state index contributed by atoms with van der Waals surface area (Å²) in [5.74, 6) is -1.06. The fourth-order valence-corrected chi connectivity index (χ4v) is 7.09. The first-order valence-corrected chi connectivity index (χ1v) is 20.1. The SMILES string of the molecule is CCCCCCCCCCCCCCCCCCNC(=O)c1cccc(SC(C(=O)Nc2ccc(S(=O)(=O)O)cc2)C(=O)C(C)(C)C)c1.[H-].[K+]. The van der Waals surface area contributed by atoms with E-state index in [1.165, 1.54) is 114 Å². The molecule has 2 rings (SSSR count). The van der Waals surface area contributed by atoms with Crippen molar-refractivity contribution in [2.24, 2.45) is 5.41 Å². The smallest absolute Gasteiger partial charge is 1.00 e. The van der Waals surface area contributed by atoms with E-state index in [0.717, 1.165) is 24.6 Å². The summed E-state index contributed by atoms with van der Waals surface area (Å²) in [4.78, 5) is 39.8. The summed E-state index contributed by atoms with van der Waals surface area (Å²) in [7, 11) is -4.37. The third-order valence-electron chi connectivity index (χ3n) is 8.30. The van der Waals surface area contributed by atoms with Gasteiger partial charge >= 0.3 is 51.4 Å². The Morgan fingerprint density at radius 2 is 1.27 bits per heavy atom. The standard InChI is InChI=1S/C38H58N2O6S2.K.H/c1-5-6-7-8-9-10-11-12-13-14-15-16-17-18-19-20-28-39-36(42)30-22-21-23-32(29-30)47-34(35(41)38(2,3)4)37(43)40-31-24-26-33(27-25-31)48(44,45)46;;/h21-27,29,34H,5-20,28H2,1-4H3,(H,39,42)(H,40,43)(H,44,45,46);;/q;+1;-1. The van der Waals surface area contributed by atoms with Gasteiger partial charge in [-0.25, -0.2) is 0 Å². The summed E-state index contributed by atoms with van der Waals surface area (Å²) in [6.45, 7) is 8.07. The molecule has 2 amide bonds. The van der Waals surface area contributed by atoms with Crippen molar-refractivity contribution in [2.75, 3.05) is 11.9 Å². The van der Waals surface area contributed by atoms with E-state index < -0.39 is 26.7 Å². The predicted octanol–water partition coefficient (Wildman–Crippen LogP) is 6.76. The van der Waals surface area contributed by atoms with Crippen LogP contribution in [0, 0.1) is 5.41 Å². The van der Waals surface area contributed by atoms with E-state index in [4.69, 9.17) is 0 Å². The zero-order chi connectivity index (χ0) is 35.4. The van der Waals surface area contributed by atoms with Gasteiger partial charge in [0, 0.05) is 28.1 Å². The molecule has 0 spiro atoms. The van der Waals surface area contributed by atoms with Crippen molar-refractivity contribution in [1.82, 2.24) is 5.32 Å². The summed E-state index contributed by atoms with van der Waals surface area (Å²) < 4.78 is 31.9. The number of amides is 2. The summed E-state index contributed by atoms with van der Waals surface area (Å²) in [6, 6.07) is 11.9. The maximum Gasteiger partial charge on any atom is 1.00 e. The van der Waals surface area contributed by atoms with Crippen LogP contribution < -0.4 is 62.0 Å². The summed E-state index contributed by atoms with van der Waals surface area (Å²) in [6.07, 6.45) is 20.8. The first-order valence-electron chi connectivity index (χ1n) is 17.8. The van der Waals surface area contributed by atoms with E-state index in [-0.39, 0.29) is 75.1 Å². The van der Waals surface area contributed by atoms with Crippen molar-refractivity contribution in [1.29, 1.82) is 0 Å². The normalized spacial score (nSPS) is 12.2. The van der Waals surface area contributed by atoms with Crippen LogP contribution in [-0.2, 0) is 19.7 Å². The van der Waals surface area contributed by atoms with Gasteiger partial charge in [-0.1, -0.05) is 130 Å². The minimum Gasteiger partial charge on any atom is -1.00 e. The minimum atomic E-state index is -4.37. The molecule has 8 nitrogen and oxygen atoms in total. The zero-order valence-electron chi connectivity index (χ0n) is 31.5. The van der Waals surface area contributed by atoms with Gasteiger partial charge in [0.15, 0.2) is 5.78 Å². The molecule has 0 bridgehead atoms. The molecule has 0 aliphatic carbocycles. The second-order valence-corrected chi connectivity index (χ2v) is 16.3. The van der Waals surface area contributed by atoms with Crippen molar-refractivity contribution in [3.63, 3.8) is 0 Å². The average molecular weight is 743 g/mol. The van der Waals surface area contributed by atoms with Crippen molar-refractivity contribution in [3.8, 4) is 0 Å². The topological polar surface area (TPSA) is 130 Å². The molecule has 1 unspecified atom stereocenters. The molecular formula is C38H59KN2O6S2. The number of thioether (sulfide) groups is 1. The molecule has 11 heteroatoms. The fourth-order valence-electron chi connectivity index (χ4n) is 5.36. The second kappa shape index (κ2) is 25.0. The van der Waals surface area contributed by atoms with Crippen molar-refractivity contribution in [2.45, 2.75) is 145 Å². The van der Waals surface area contributed by atoms with Gasteiger partial charge in [0.25, 0.3) is 16.0 Å². The zero-order valence-corrected chi connectivity index (χ0v) is 35.3. The molecular weight excluding hydrogens is 684 g/mol. The van der Waals surface area contributed by atoms with Crippen LogP contribution in [0.3, 0.4) is 0 Å². The van der Waals surface area contributed by atoms with Crippen LogP contribution in [0.5, 0.6) is 0 Å². The van der Waals surface area contributed by atoms with Gasteiger partial charge in [-0.15, -0.1) is 11.8 Å². The Morgan fingerprint density at radius 1 is 0.776 bits per heavy atom. The number of hydrogen-bond donors (Lipinski definition) is 3. The number of benzene rings is 2. The van der Waals surface area contributed by atoms with Gasteiger partial charge in [-0.2, -0.15) is 8.42 Å². The van der Waals surface area contributed by atoms with Crippen LogP contribution in [0.15, 0.2) is 58.3 Å². The Hall–Kier alpha value is -1.05. The molecule has 1 atom stereocenters. The Kier molecular flexibility index (Phi) is 23.5. The van der Waals surface area contributed by atoms with Gasteiger partial charge in [-0.3, -0.25) is 18.9 Å². The number of hydrogen-bond acceptors (Lipinski definition) is 6. The summed E-state index contributed by atoms with van der Waals surface area (Å²) in [5.41, 5.74) is -0.0761. The van der Waals surface area contributed by atoms with E-state index in [1.807, 2.05) is 0 Å². The van der Waals surface area contributed by atoms with E-state index >= 15 is 0 Å². The Bertz CT molecular complexity index is 1380. The van der Waals surface area contributed by atoms with Gasteiger partial charge in [0.2, 0.25) is 5.91 Å². The first kappa shape index (κ1) is 46.0. The summed E-state index contributed by atoms with van der Waals surface area (Å²) in [5, 5.41) is 4.54. The third-order valence-corrected chi connectivity index (χ3v) is 10.4. The molecule has 0 fully saturated rings. The molecule has 2 aromatic rings. The van der Waals surface area contributed by atoms with E-state index in [1.54, 1.807) is 45.0 Å². The number of nitrogens with one attached hydrogen (secondary N) is 2. The monoisotopic (exact) mass is 742 g/mol. The fraction of sp³-hybridized carbons (Fsp3) is 0.605. The molecule has 0 heterocycles. The molecule has 2 aromatic carbocycles. The molecule has 0 radical (unpaired) electrons. The molecule has 3 N–H and O–H groups in total. The van der Waals surface area contributed by atoms with Crippen LogP contribution in [0.1, 0.15) is 142 Å². The number of anilines is 1. The Balaban J connectivity index is 0.0000120. The summed E-state index contributed by atoms with van der Waals surface area (Å²) >= 11 is 1.06. The van der Waals surface area contributed by atoms with E-state index in [9.17, 15) is 27.4 Å². The Morgan fingerprint density at radius 3 is 1.73 bits per heavy atom. The molecule has 0 aromatic heterocycles. The van der Waals surface area contributed by atoms with Crippen LogP contribution in [0.4, 0.5) is 5.69 Å². The van der Waals surface area contributed by atoms with Crippen molar-refractivity contribution in [3.05, 3.63) is 54.1 Å². The first-order chi connectivity index (χ1) is 22.8. The number of unbranched alkanes of at least 4 members (excludes halogenated alkanes) is 15. The largest absolute Gasteiger partial charge is 1.00 e. The molecule has 0 aliphatic heterocycles. The van der Waals surface area contributed by atoms with Gasteiger partial charge in [0.05, 0.1) is 4.90 Å². The van der Waals surface area contributed by atoms with Crippen LogP contribution in [0.25, 0.3) is 0 Å². The number of carbonyl (C=O) groups is 3. The second-order valence-electron chi connectivity index (χ2n) is 13.7. The van der Waals surface area contributed by atoms with Crippen molar-refractivity contribution >= 4 is 45.2 Å². The molecule has 49 heavy (non-hydrogen) atoms. The van der Waals surface area contributed by atoms with Gasteiger partial charge in [-0.05, 0) is 48.9 Å². The molecule has 0 aliphatic rings. The maximum absolute atomic E-state index is 13.3. The number of ketones is 1. The van der Waals surface area contributed by atoms with Crippen LogP contribution >= 0.6 is 11.8 Å². The van der Waals surface area contributed by atoms with Gasteiger partial charge in [0.1, 0.15) is 5.25 Å². The number of Topliss-reactive ketones (excluding diaryl/α,β-unsaturated/α-hetero) is 1. The molecule has 0 saturated heterocycles. The van der Waals surface area contributed by atoms with Crippen LogP contribution in [-0.4, -0.2) is 42.4 Å².